The van der Waals surface area contributed by atoms with Crippen molar-refractivity contribution in [1.82, 2.24) is 0 Å². The van der Waals surface area contributed by atoms with Gasteiger partial charge in [0.15, 0.2) is 0 Å². The minimum absolute atomic E-state index is 0.248. The number of allylic oxidation sites excluding steroid dienone is 4. The summed E-state index contributed by atoms with van der Waals surface area (Å²) in [6.45, 7) is 25.7. The average molecular weight is 395 g/mol. The molecule has 26 heavy (non-hydrogen) atoms. The Morgan fingerprint density at radius 2 is 1.35 bits per heavy atom. The van der Waals surface area contributed by atoms with Crippen molar-refractivity contribution in [1.29, 1.82) is 0 Å². The van der Waals surface area contributed by atoms with Crippen LogP contribution in [0.5, 0.6) is 0 Å². The van der Waals surface area contributed by atoms with Crippen molar-refractivity contribution >= 4 is 16.6 Å². The second kappa shape index (κ2) is 6.84. The van der Waals surface area contributed by atoms with Gasteiger partial charge in [0.1, 0.15) is 0 Å². The molecule has 4 heteroatoms. The maximum atomic E-state index is 6.79. The van der Waals surface area contributed by atoms with Crippen LogP contribution < -0.4 is 0 Å². The highest BCUT2D eigenvalue weighted by atomic mass is 28.4. The van der Waals surface area contributed by atoms with Gasteiger partial charge in [0.05, 0.1) is 11.5 Å². The second-order valence-corrected chi connectivity index (χ2v) is 21.0. The van der Waals surface area contributed by atoms with E-state index in [2.05, 4.69) is 80.7 Å². The Kier molecular flexibility index (Phi) is 5.74. The van der Waals surface area contributed by atoms with Crippen LogP contribution in [0.2, 0.25) is 36.3 Å². The summed E-state index contributed by atoms with van der Waals surface area (Å²) in [4.78, 5) is 0. The topological polar surface area (TPSA) is 18.5 Å². The van der Waals surface area contributed by atoms with E-state index < -0.39 is 16.6 Å². The first-order valence-corrected chi connectivity index (χ1v) is 16.1. The van der Waals surface area contributed by atoms with Gasteiger partial charge in [-0.25, -0.2) is 0 Å². The third-order valence-electron chi connectivity index (χ3n) is 7.27. The summed E-state index contributed by atoms with van der Waals surface area (Å²) in [7, 11) is -3.53. The quantitative estimate of drug-likeness (QED) is 0.456. The summed E-state index contributed by atoms with van der Waals surface area (Å²) in [5, 5.41) is 0.499. The molecule has 0 radical (unpaired) electrons. The summed E-state index contributed by atoms with van der Waals surface area (Å²) in [5.41, 5.74) is 1.46. The zero-order valence-corrected chi connectivity index (χ0v) is 21.2. The van der Waals surface area contributed by atoms with Gasteiger partial charge in [-0.1, -0.05) is 41.5 Å². The Labute approximate surface area is 164 Å². The smallest absolute Gasteiger partial charge is 0.250 e. The molecule has 2 atom stereocenters. The predicted molar refractivity (Wildman–Crippen MR) is 118 cm³/mol. The summed E-state index contributed by atoms with van der Waals surface area (Å²) in [5.74, 6) is 3.69. The molecule has 0 unspecified atom stereocenters. The lowest BCUT2D eigenvalue weighted by Gasteiger charge is -2.45. The maximum Gasteiger partial charge on any atom is 0.250 e. The first-order chi connectivity index (χ1) is 11.6. The van der Waals surface area contributed by atoms with Crippen LogP contribution >= 0.6 is 0 Å². The molecule has 0 N–H and O–H groups in total. The number of hydrogen-bond acceptors (Lipinski definition) is 2. The van der Waals surface area contributed by atoms with E-state index in [1.165, 1.54) is 23.5 Å². The van der Waals surface area contributed by atoms with Gasteiger partial charge in [0.25, 0.3) is 0 Å². The summed E-state index contributed by atoms with van der Waals surface area (Å²) in [6, 6.07) is 0. The lowest BCUT2D eigenvalue weighted by atomic mass is 9.75. The van der Waals surface area contributed by atoms with E-state index in [0.29, 0.717) is 11.8 Å². The molecule has 0 saturated carbocycles. The summed E-state index contributed by atoms with van der Waals surface area (Å²) >= 11 is 0. The minimum atomic E-state index is -1.77. The molecule has 0 fully saturated rings. The van der Waals surface area contributed by atoms with Crippen LogP contribution in [0.15, 0.2) is 23.2 Å². The van der Waals surface area contributed by atoms with E-state index in [9.17, 15) is 0 Å². The summed E-state index contributed by atoms with van der Waals surface area (Å²) in [6.07, 6.45) is 5.76. The molecule has 2 rings (SSSR count). The van der Waals surface area contributed by atoms with Crippen LogP contribution in [0, 0.1) is 11.8 Å². The minimum Gasteiger partial charge on any atom is -0.547 e. The molecule has 2 bridgehead atoms. The van der Waals surface area contributed by atoms with Gasteiger partial charge in [-0.05, 0) is 74.1 Å². The molecule has 2 nitrogen and oxygen atoms in total. The predicted octanol–water partition coefficient (Wildman–Crippen LogP) is 7.62. The van der Waals surface area contributed by atoms with Crippen LogP contribution in [0.1, 0.15) is 67.7 Å². The van der Waals surface area contributed by atoms with E-state index >= 15 is 0 Å². The Hall–Kier alpha value is -0.486. The van der Waals surface area contributed by atoms with Crippen molar-refractivity contribution in [2.75, 3.05) is 0 Å². The number of rotatable bonds is 4. The maximum absolute atomic E-state index is 6.79. The Bertz CT molecular complexity index is 601. The van der Waals surface area contributed by atoms with Crippen molar-refractivity contribution in [2.45, 2.75) is 104 Å². The van der Waals surface area contributed by atoms with Gasteiger partial charge in [0.2, 0.25) is 16.6 Å². The third-order valence-corrected chi connectivity index (χ3v) is 16.0. The zero-order chi connectivity index (χ0) is 20.1. The van der Waals surface area contributed by atoms with Gasteiger partial charge >= 0.3 is 0 Å². The Morgan fingerprint density at radius 1 is 0.846 bits per heavy atom. The molecule has 0 aliphatic heterocycles. The van der Waals surface area contributed by atoms with Gasteiger partial charge in [-0.15, -0.1) is 0 Å². The molecular formula is C22H42O2Si2. The summed E-state index contributed by atoms with van der Waals surface area (Å²) < 4.78 is 13.5. The molecule has 0 amide bonds. The van der Waals surface area contributed by atoms with Crippen LogP contribution in [-0.4, -0.2) is 16.6 Å². The monoisotopic (exact) mass is 394 g/mol. The fraction of sp³-hybridized carbons (Fsp3) is 0.818. The zero-order valence-electron chi connectivity index (χ0n) is 19.2. The molecule has 0 spiro atoms. The van der Waals surface area contributed by atoms with Gasteiger partial charge in [-0.3, -0.25) is 0 Å². The largest absolute Gasteiger partial charge is 0.547 e. The van der Waals surface area contributed by atoms with E-state index in [0.717, 1.165) is 12.8 Å². The SMILES string of the molecule is CC1=C(O[Si](C)(C)C(C)(C)C)[C@@H]2CC=C(O[Si](C)(C)C(C)(C)C)[C@H](C1)C2. The molecule has 2 aliphatic rings. The van der Waals surface area contributed by atoms with Crippen LogP contribution in [0.4, 0.5) is 0 Å². The van der Waals surface area contributed by atoms with E-state index in [4.69, 9.17) is 8.85 Å². The van der Waals surface area contributed by atoms with Crippen LogP contribution in [0.25, 0.3) is 0 Å². The molecule has 0 saturated heterocycles. The molecule has 2 aliphatic carbocycles. The van der Waals surface area contributed by atoms with E-state index in [-0.39, 0.29) is 10.1 Å². The van der Waals surface area contributed by atoms with Crippen molar-refractivity contribution in [2.24, 2.45) is 11.8 Å². The molecule has 0 heterocycles. The van der Waals surface area contributed by atoms with Crippen molar-refractivity contribution in [3.63, 3.8) is 0 Å². The first-order valence-electron chi connectivity index (χ1n) is 10.3. The molecule has 150 valence electrons. The van der Waals surface area contributed by atoms with Crippen molar-refractivity contribution in [3.05, 3.63) is 23.2 Å². The molecule has 0 aromatic rings. The number of fused-ring (bicyclic) bond motifs is 2. The van der Waals surface area contributed by atoms with E-state index in [1.807, 2.05) is 0 Å². The van der Waals surface area contributed by atoms with Crippen molar-refractivity contribution < 1.29 is 8.85 Å². The highest BCUT2D eigenvalue weighted by Crippen LogP contribution is 2.49. The fourth-order valence-electron chi connectivity index (χ4n) is 3.37. The van der Waals surface area contributed by atoms with Crippen LogP contribution in [0.3, 0.4) is 0 Å². The lowest BCUT2D eigenvalue weighted by Crippen LogP contribution is -2.44. The Morgan fingerprint density at radius 3 is 1.85 bits per heavy atom. The molecule has 0 aromatic heterocycles. The highest BCUT2D eigenvalue weighted by molar-refractivity contribution is 6.74. The van der Waals surface area contributed by atoms with Crippen LogP contribution in [-0.2, 0) is 8.85 Å². The van der Waals surface area contributed by atoms with Gasteiger partial charge in [-0.2, -0.15) is 0 Å². The first kappa shape index (κ1) is 21.8. The molecule has 0 aromatic carbocycles. The lowest BCUT2D eigenvalue weighted by molar-refractivity contribution is 0.213. The third kappa shape index (κ3) is 4.32. The molecular weight excluding hydrogens is 352 g/mol. The fourth-order valence-corrected chi connectivity index (χ4v) is 5.71. The standard InChI is InChI=1S/C22H42O2Si2/c1-16-14-18-15-17(20(16)24-26(10,11)22(5,6)7)12-13-19(18)23-25(8,9)21(2,3)4/h13,17-18H,12,14-15H2,1-11H3/t17-,18-/m1/s1. The Balaban J connectivity index is 2.18. The van der Waals surface area contributed by atoms with E-state index in [1.54, 1.807) is 0 Å². The highest BCUT2D eigenvalue weighted by Gasteiger charge is 2.45. The number of hydrogen-bond donors (Lipinski definition) is 0. The van der Waals surface area contributed by atoms with Gasteiger partial charge < -0.3 is 8.85 Å². The van der Waals surface area contributed by atoms with Crippen molar-refractivity contribution in [3.8, 4) is 0 Å². The average Bonchev–Trinajstić information content (AvgIpc) is 2.43. The van der Waals surface area contributed by atoms with Gasteiger partial charge in [0, 0.05) is 11.8 Å². The normalized spacial score (nSPS) is 25.1. The second-order valence-electron chi connectivity index (χ2n) is 11.5.